The lowest BCUT2D eigenvalue weighted by atomic mass is 10.1. The van der Waals surface area contributed by atoms with Crippen LogP contribution in [0.25, 0.3) is 0 Å². The van der Waals surface area contributed by atoms with E-state index >= 15 is 0 Å². The molecule has 0 amide bonds. The maximum absolute atomic E-state index is 11.5. The molecule has 1 N–H and O–H groups in total. The van der Waals surface area contributed by atoms with Gasteiger partial charge in [0.25, 0.3) is 0 Å². The van der Waals surface area contributed by atoms with Crippen LogP contribution < -0.4 is 5.26 Å². The van der Waals surface area contributed by atoms with Crippen molar-refractivity contribution in [3.63, 3.8) is 0 Å². The Labute approximate surface area is 110 Å². The fraction of sp³-hybridized carbons (Fsp3) is 0.846. The smallest absolute Gasteiger partial charge is 0.308 e. The molecule has 0 heterocycles. The molecule has 0 saturated carbocycles. The standard InChI is InChI=1S/C13H27NO4/c1-5-12(2)13(15)17-11-9-14(3,4)8-6-7-10-18-16/h10,12,18H,5-9,11H2,1-4H3. The van der Waals surface area contributed by atoms with Gasteiger partial charge in [-0.25, -0.2) is 0 Å². The molecule has 1 atom stereocenters. The minimum Gasteiger partial charge on any atom is -0.588 e. The Bertz CT molecular complexity index is 231. The van der Waals surface area contributed by atoms with Crippen LogP contribution in [0.3, 0.4) is 0 Å². The van der Waals surface area contributed by atoms with Crippen molar-refractivity contribution < 1.29 is 24.2 Å². The van der Waals surface area contributed by atoms with Crippen LogP contribution in [0.15, 0.2) is 0 Å². The third-order valence-corrected chi connectivity index (χ3v) is 3.13. The predicted molar refractivity (Wildman–Crippen MR) is 68.4 cm³/mol. The van der Waals surface area contributed by atoms with Gasteiger partial charge in [-0.15, -0.1) is 6.42 Å². The van der Waals surface area contributed by atoms with Crippen molar-refractivity contribution in [3.8, 4) is 0 Å². The first-order valence-corrected chi connectivity index (χ1v) is 6.55. The van der Waals surface area contributed by atoms with Gasteiger partial charge in [-0.1, -0.05) is 13.8 Å². The zero-order valence-corrected chi connectivity index (χ0v) is 12.0. The summed E-state index contributed by atoms with van der Waals surface area (Å²) >= 11 is 0. The Morgan fingerprint density at radius 2 is 2.11 bits per heavy atom. The van der Waals surface area contributed by atoms with Gasteiger partial charge < -0.3 is 19.4 Å². The molecule has 0 aliphatic carbocycles. The third kappa shape index (κ3) is 8.44. The minimum absolute atomic E-state index is 0.0196. The summed E-state index contributed by atoms with van der Waals surface area (Å²) < 4.78 is 6.01. The molecule has 5 nitrogen and oxygen atoms in total. The van der Waals surface area contributed by atoms with Crippen molar-refractivity contribution >= 4 is 5.97 Å². The molecule has 0 aromatic rings. The van der Waals surface area contributed by atoms with Gasteiger partial charge >= 0.3 is 5.97 Å². The molecule has 1 unspecified atom stereocenters. The van der Waals surface area contributed by atoms with E-state index in [1.54, 1.807) is 0 Å². The van der Waals surface area contributed by atoms with Crippen molar-refractivity contribution in [2.75, 3.05) is 33.8 Å². The molecule has 0 bridgehead atoms. The largest absolute Gasteiger partial charge is 0.588 e. The van der Waals surface area contributed by atoms with E-state index in [1.165, 1.54) is 6.61 Å². The molecule has 0 aliphatic rings. The summed E-state index contributed by atoms with van der Waals surface area (Å²) in [5.74, 6) is -0.134. The summed E-state index contributed by atoms with van der Waals surface area (Å²) in [7, 11) is 4.18. The van der Waals surface area contributed by atoms with Crippen LogP contribution in [0.2, 0.25) is 0 Å². The molecule has 0 rings (SSSR count). The number of hydrogen-bond donors (Lipinski definition) is 0. The van der Waals surface area contributed by atoms with Crippen molar-refractivity contribution in [1.29, 1.82) is 0 Å². The van der Waals surface area contributed by atoms with Crippen LogP contribution in [0.1, 0.15) is 33.1 Å². The van der Waals surface area contributed by atoms with E-state index in [9.17, 15) is 10.1 Å². The Kier molecular flexibility index (Phi) is 8.97. The summed E-state index contributed by atoms with van der Waals surface area (Å²) in [6.07, 6.45) is 2.43. The van der Waals surface area contributed by atoms with E-state index in [4.69, 9.17) is 4.74 Å². The number of likely N-dealkylation sites (N-methyl/N-ethyl adjacent to an activating group) is 1. The summed E-state index contributed by atoms with van der Waals surface area (Å²) in [5.41, 5.74) is 0. The zero-order valence-electron chi connectivity index (χ0n) is 12.0. The van der Waals surface area contributed by atoms with Gasteiger partial charge in [-0.2, -0.15) is 0 Å². The van der Waals surface area contributed by atoms with E-state index in [0.717, 1.165) is 30.4 Å². The summed E-state index contributed by atoms with van der Waals surface area (Å²) in [4.78, 5) is 14.2. The van der Waals surface area contributed by atoms with E-state index < -0.39 is 0 Å². The molecular weight excluding hydrogens is 234 g/mol. The SMILES string of the molecule is CCC(C)C(=O)OCC[N+](C)(C)CCC[CH-][OH+][O-]. The van der Waals surface area contributed by atoms with Crippen LogP contribution in [-0.4, -0.2) is 49.1 Å². The molecule has 0 spiro atoms. The Balaban J connectivity index is 3.72. The predicted octanol–water partition coefficient (Wildman–Crippen LogP) is 0.963. The monoisotopic (exact) mass is 261 g/mol. The normalized spacial score (nSPS) is 13.4. The van der Waals surface area contributed by atoms with Crippen molar-refractivity contribution in [3.05, 3.63) is 6.61 Å². The Morgan fingerprint density at radius 1 is 1.44 bits per heavy atom. The fourth-order valence-corrected chi connectivity index (χ4v) is 1.48. The van der Waals surface area contributed by atoms with Crippen LogP contribution >= 0.6 is 0 Å². The molecule has 0 aromatic heterocycles. The van der Waals surface area contributed by atoms with Gasteiger partial charge in [0.1, 0.15) is 13.2 Å². The van der Waals surface area contributed by atoms with Gasteiger partial charge in [0.15, 0.2) is 0 Å². The molecule has 0 fully saturated rings. The second-order valence-corrected chi connectivity index (χ2v) is 5.29. The molecule has 5 heteroatoms. The van der Waals surface area contributed by atoms with Crippen molar-refractivity contribution in [2.45, 2.75) is 33.1 Å². The maximum atomic E-state index is 11.5. The van der Waals surface area contributed by atoms with E-state index in [0.29, 0.717) is 13.0 Å². The topological polar surface area (TPSA) is 62.2 Å². The minimum atomic E-state index is -0.115. The van der Waals surface area contributed by atoms with E-state index in [1.807, 2.05) is 13.8 Å². The zero-order chi connectivity index (χ0) is 14.0. The van der Waals surface area contributed by atoms with Gasteiger partial charge in [0.05, 0.1) is 26.6 Å². The van der Waals surface area contributed by atoms with E-state index in [2.05, 4.69) is 19.0 Å². The second-order valence-electron chi connectivity index (χ2n) is 5.29. The number of unbranched alkanes of at least 4 members (excludes halogenated alkanes) is 1. The first kappa shape index (κ1) is 17.4. The van der Waals surface area contributed by atoms with Gasteiger partial charge in [0, 0.05) is 0 Å². The van der Waals surface area contributed by atoms with Gasteiger partial charge in [0.2, 0.25) is 0 Å². The molecule has 0 saturated heterocycles. The quantitative estimate of drug-likeness (QED) is 0.112. The Morgan fingerprint density at radius 3 is 2.67 bits per heavy atom. The highest BCUT2D eigenvalue weighted by molar-refractivity contribution is 5.71. The van der Waals surface area contributed by atoms with Crippen LogP contribution in [0.5, 0.6) is 0 Å². The Hall–Kier alpha value is -0.650. The molecule has 18 heavy (non-hydrogen) atoms. The highest BCUT2D eigenvalue weighted by Gasteiger charge is 2.17. The number of carbonyl (C=O) groups is 1. The molecule has 0 aliphatic heterocycles. The first-order valence-electron chi connectivity index (χ1n) is 6.55. The van der Waals surface area contributed by atoms with Crippen molar-refractivity contribution in [2.24, 2.45) is 5.92 Å². The lowest BCUT2D eigenvalue weighted by molar-refractivity contribution is -0.890. The van der Waals surface area contributed by atoms with Gasteiger partial charge in [-0.3, -0.25) is 4.79 Å². The average Bonchev–Trinajstić information content (AvgIpc) is 2.33. The lowest BCUT2D eigenvalue weighted by Crippen LogP contribution is -2.43. The lowest BCUT2D eigenvalue weighted by Gasteiger charge is -2.30. The second kappa shape index (κ2) is 9.30. The highest BCUT2D eigenvalue weighted by Crippen LogP contribution is 2.05. The van der Waals surface area contributed by atoms with Crippen LogP contribution in [0.4, 0.5) is 0 Å². The van der Waals surface area contributed by atoms with Crippen LogP contribution in [0, 0.1) is 12.5 Å². The summed E-state index contributed by atoms with van der Waals surface area (Å²) in [6, 6.07) is 0. The van der Waals surface area contributed by atoms with Gasteiger partial charge in [-0.05, 0) is 19.4 Å². The molecular formula is C13H27NO4. The van der Waals surface area contributed by atoms with Crippen molar-refractivity contribution in [1.82, 2.24) is 0 Å². The molecule has 0 aromatic carbocycles. The summed E-state index contributed by atoms with van der Waals surface area (Å²) in [6.45, 7) is 7.42. The van der Waals surface area contributed by atoms with Crippen LogP contribution in [-0.2, 0) is 9.53 Å². The maximum Gasteiger partial charge on any atom is 0.308 e. The number of ether oxygens (including phenoxy) is 1. The first-order chi connectivity index (χ1) is 8.43. The number of hydrogen-bond acceptors (Lipinski definition) is 3. The number of aliphatic hydroxyl groups is 1. The number of carbonyl (C=O) groups excluding carboxylic acids is 1. The third-order valence-electron chi connectivity index (χ3n) is 3.13. The van der Waals surface area contributed by atoms with E-state index in [-0.39, 0.29) is 11.9 Å². The number of quaternary nitrogens is 1. The fourth-order valence-electron chi connectivity index (χ4n) is 1.48. The molecule has 108 valence electrons. The average molecular weight is 261 g/mol. The number of esters is 1. The highest BCUT2D eigenvalue weighted by atomic mass is 17.1. The summed E-state index contributed by atoms with van der Waals surface area (Å²) in [5, 5.41) is 9.90. The number of nitrogens with zero attached hydrogens (tertiary/aromatic N) is 1. The number of rotatable bonds is 10. The molecule has 0 radical (unpaired) electrons.